The summed E-state index contributed by atoms with van der Waals surface area (Å²) in [6, 6.07) is 45.4. The van der Waals surface area contributed by atoms with Gasteiger partial charge in [-0.25, -0.2) is 8.42 Å². The number of hydrogen-bond donors (Lipinski definition) is 1. The summed E-state index contributed by atoms with van der Waals surface area (Å²) in [6.45, 7) is 0.779. The van der Waals surface area contributed by atoms with Gasteiger partial charge in [-0.15, -0.1) is 0 Å². The Kier molecular flexibility index (Phi) is 13.8. The summed E-state index contributed by atoms with van der Waals surface area (Å²) in [5.74, 6) is -0.771. The van der Waals surface area contributed by atoms with Crippen LogP contribution in [0.5, 0.6) is 0 Å². The molecule has 0 amide bonds. The molecule has 6 aromatic carbocycles. The van der Waals surface area contributed by atoms with Gasteiger partial charge in [-0.2, -0.15) is 13.0 Å². The van der Waals surface area contributed by atoms with Crippen molar-refractivity contribution in [3.8, 4) is 0 Å². The molecular weight excluding hydrogens is 878 g/mol. The molecule has 9 rings (SSSR count). The van der Waals surface area contributed by atoms with Crippen LogP contribution in [0.4, 0.5) is 17.1 Å². The van der Waals surface area contributed by atoms with Crippen molar-refractivity contribution in [2.75, 3.05) is 27.9 Å². The molecule has 0 saturated carbocycles. The van der Waals surface area contributed by atoms with Crippen LogP contribution in [0.15, 0.2) is 178 Å². The zero-order valence-corrected chi connectivity index (χ0v) is 39.9. The van der Waals surface area contributed by atoms with E-state index < -0.39 is 26.0 Å². The van der Waals surface area contributed by atoms with Crippen LogP contribution < -0.4 is 43.9 Å². The van der Waals surface area contributed by atoms with E-state index in [9.17, 15) is 25.9 Å². The second kappa shape index (κ2) is 19.3. The standard InChI is InChI=1S/C49H43N3O6S4.Na/c53-61(54,55)33-11-31-50-45(59-43-27-23-35-13-7-9-19-41(35)48(43)50)29-25-37-21-22-38(47(37)52(39-15-3-1-4-16-39)40-17-5-2-6-18-40)26-30-46-51(32-12-34-62(56,57)58)49-42-20-10-8-14-36(42)24-28-44(49)60-46;/h1-10,13-20,23-30H,11-12,21-22,31-34H2,(H-,53,54,55,56,57,58);/q;+1. The number of fused-ring (bicyclic) bond motifs is 6. The Bertz CT molecular complexity index is 3150. The van der Waals surface area contributed by atoms with E-state index in [0.717, 1.165) is 93.4 Å². The largest absolute Gasteiger partial charge is 1.00 e. The summed E-state index contributed by atoms with van der Waals surface area (Å²) in [7, 11) is -8.51. The molecule has 0 fully saturated rings. The summed E-state index contributed by atoms with van der Waals surface area (Å²) >= 11 is 3.29. The Morgan fingerprint density at radius 2 is 1.35 bits per heavy atom. The molecule has 63 heavy (non-hydrogen) atoms. The number of thiazole rings is 1. The van der Waals surface area contributed by atoms with Crippen molar-refractivity contribution < 1.29 is 60.1 Å². The molecule has 314 valence electrons. The van der Waals surface area contributed by atoms with Gasteiger partial charge in [0.25, 0.3) is 15.1 Å². The number of thioether (sulfide) groups is 1. The van der Waals surface area contributed by atoms with Gasteiger partial charge in [0.2, 0.25) is 5.52 Å². The maximum atomic E-state index is 11.8. The van der Waals surface area contributed by atoms with E-state index in [2.05, 4.69) is 111 Å². The summed E-state index contributed by atoms with van der Waals surface area (Å²) < 4.78 is 71.6. The number of hydrogen-bond acceptors (Lipinski definition) is 9. The van der Waals surface area contributed by atoms with Crippen molar-refractivity contribution in [1.82, 2.24) is 0 Å². The molecule has 0 saturated heterocycles. The number of aromatic nitrogens is 1. The van der Waals surface area contributed by atoms with Crippen LogP contribution in [0.3, 0.4) is 0 Å². The number of nitrogens with zero attached hydrogens (tertiary/aromatic N) is 3. The van der Waals surface area contributed by atoms with Gasteiger partial charge in [-0.05, 0) is 95.8 Å². The zero-order valence-electron chi connectivity index (χ0n) is 34.6. The zero-order chi connectivity index (χ0) is 42.8. The van der Waals surface area contributed by atoms with Gasteiger partial charge < -0.3 is 14.4 Å². The van der Waals surface area contributed by atoms with Gasteiger partial charge >= 0.3 is 29.6 Å². The first-order chi connectivity index (χ1) is 30.0. The van der Waals surface area contributed by atoms with E-state index in [1.807, 2.05) is 60.7 Å². The Balaban J connectivity index is 0.00000544. The fraction of sp³-hybridized carbons (Fsp3) is 0.163. The van der Waals surface area contributed by atoms with E-state index in [0.29, 0.717) is 13.1 Å². The SMILES string of the molecule is O=S(=O)([O-])CCCN1/C(=C/C=C2\CCC(/C=C/c3sc4ccc5ccccc5c4[n+]3CCCS(=O)(=O)O)=C2N(c2ccccc2)c2ccccc2)Sc2ccc3ccccc3c21.[Na+]. The maximum Gasteiger partial charge on any atom is 1.00 e. The molecule has 0 unspecified atom stereocenters. The molecule has 2 heterocycles. The van der Waals surface area contributed by atoms with Gasteiger partial charge in [0.15, 0.2) is 6.54 Å². The van der Waals surface area contributed by atoms with Crippen LogP contribution >= 0.6 is 23.1 Å². The van der Waals surface area contributed by atoms with Crippen molar-refractivity contribution in [1.29, 1.82) is 0 Å². The van der Waals surface area contributed by atoms with Crippen LogP contribution in [0.1, 0.15) is 30.7 Å². The molecule has 1 N–H and O–H groups in total. The maximum absolute atomic E-state index is 11.8. The number of benzene rings is 6. The minimum Gasteiger partial charge on any atom is -0.748 e. The van der Waals surface area contributed by atoms with Crippen molar-refractivity contribution >= 4 is 98.2 Å². The quantitative estimate of drug-likeness (QED) is 0.0658. The molecule has 0 spiro atoms. The second-order valence-electron chi connectivity index (χ2n) is 15.3. The van der Waals surface area contributed by atoms with Crippen LogP contribution in [0.2, 0.25) is 0 Å². The Morgan fingerprint density at radius 3 is 2.03 bits per heavy atom. The number of aryl methyl sites for hydroxylation is 1. The molecule has 7 aromatic rings. The smallest absolute Gasteiger partial charge is 0.748 e. The minimum absolute atomic E-state index is 0. The summed E-state index contributed by atoms with van der Waals surface area (Å²) in [5, 5.41) is 6.23. The molecule has 9 nitrogen and oxygen atoms in total. The molecular formula is C49H43N3NaO6S4+. The van der Waals surface area contributed by atoms with Gasteiger partial charge in [0.1, 0.15) is 4.70 Å². The van der Waals surface area contributed by atoms with Gasteiger partial charge in [0.05, 0.1) is 37.7 Å². The Labute approximate surface area is 398 Å². The molecule has 1 aliphatic carbocycles. The number of anilines is 3. The van der Waals surface area contributed by atoms with Crippen LogP contribution in [0, 0.1) is 0 Å². The van der Waals surface area contributed by atoms with Crippen molar-refractivity contribution in [3.05, 3.63) is 179 Å². The molecule has 2 aliphatic rings. The van der Waals surface area contributed by atoms with E-state index in [1.165, 1.54) is 0 Å². The Hall–Kier alpha value is -4.54. The average Bonchev–Trinajstić information content (AvgIpc) is 3.95. The predicted molar refractivity (Wildman–Crippen MR) is 253 cm³/mol. The van der Waals surface area contributed by atoms with Crippen LogP contribution in [-0.2, 0) is 26.8 Å². The first-order valence-corrected chi connectivity index (χ1v) is 25.3. The van der Waals surface area contributed by atoms with E-state index in [-0.39, 0.29) is 48.2 Å². The van der Waals surface area contributed by atoms with E-state index in [4.69, 9.17) is 0 Å². The van der Waals surface area contributed by atoms with Crippen molar-refractivity contribution in [3.63, 3.8) is 0 Å². The van der Waals surface area contributed by atoms with Gasteiger partial charge in [-0.3, -0.25) is 4.55 Å². The minimum atomic E-state index is -4.38. The normalized spacial score (nSPS) is 15.7. The average molecular weight is 921 g/mol. The topological polar surface area (TPSA) is 122 Å². The van der Waals surface area contributed by atoms with Crippen molar-refractivity contribution in [2.45, 2.75) is 37.1 Å². The Morgan fingerprint density at radius 1 is 0.714 bits per heavy atom. The molecule has 14 heteroatoms. The molecule has 1 aromatic heterocycles. The third kappa shape index (κ3) is 10.1. The molecule has 0 atom stereocenters. The molecule has 1 aliphatic heterocycles. The second-order valence-corrected chi connectivity index (χ2v) is 20.5. The number of para-hydroxylation sites is 2. The predicted octanol–water partition coefficient (Wildman–Crippen LogP) is 7.99. The third-order valence-electron chi connectivity index (χ3n) is 11.2. The van der Waals surface area contributed by atoms with Gasteiger partial charge in [0, 0.05) is 46.5 Å². The number of rotatable bonds is 14. The van der Waals surface area contributed by atoms with Crippen LogP contribution in [-0.4, -0.2) is 44.0 Å². The van der Waals surface area contributed by atoms with Crippen molar-refractivity contribution in [2.24, 2.45) is 0 Å². The first-order valence-electron chi connectivity index (χ1n) is 20.4. The van der Waals surface area contributed by atoms with Gasteiger partial charge in [-0.1, -0.05) is 120 Å². The van der Waals surface area contributed by atoms with E-state index >= 15 is 0 Å². The monoisotopic (exact) mass is 920 g/mol. The molecule has 0 radical (unpaired) electrons. The fourth-order valence-corrected chi connectivity index (χ4v) is 11.7. The summed E-state index contributed by atoms with van der Waals surface area (Å²) in [5.41, 5.74) is 7.35. The third-order valence-corrected chi connectivity index (χ3v) is 15.0. The summed E-state index contributed by atoms with van der Waals surface area (Å²) in [4.78, 5) is 5.53. The first kappa shape index (κ1) is 45.0. The van der Waals surface area contributed by atoms with E-state index in [1.54, 1.807) is 23.1 Å². The summed E-state index contributed by atoms with van der Waals surface area (Å²) in [6.07, 6.45) is 10.6. The fourth-order valence-electron chi connectivity index (χ4n) is 8.47. The molecule has 0 bridgehead atoms. The number of allylic oxidation sites excluding steroid dienone is 5. The van der Waals surface area contributed by atoms with Crippen LogP contribution in [0.25, 0.3) is 37.8 Å².